The van der Waals surface area contributed by atoms with Gasteiger partial charge in [0.15, 0.2) is 0 Å². The Morgan fingerprint density at radius 3 is 2.71 bits per heavy atom. The van der Waals surface area contributed by atoms with Crippen molar-refractivity contribution in [1.82, 2.24) is 9.88 Å². The highest BCUT2D eigenvalue weighted by molar-refractivity contribution is 5.98. The summed E-state index contributed by atoms with van der Waals surface area (Å²) >= 11 is 0. The second-order valence-corrected chi connectivity index (χ2v) is 5.51. The molecule has 0 spiro atoms. The molecule has 24 heavy (non-hydrogen) atoms. The molecule has 2 N–H and O–H groups in total. The van der Waals surface area contributed by atoms with Gasteiger partial charge in [-0.15, -0.1) is 0 Å². The van der Waals surface area contributed by atoms with E-state index < -0.39 is 23.8 Å². The number of hydrogen-bond donors (Lipinski definition) is 2. The van der Waals surface area contributed by atoms with Crippen LogP contribution in [0.25, 0.3) is 10.9 Å². The van der Waals surface area contributed by atoms with Gasteiger partial charge in [0.25, 0.3) is 5.91 Å². The number of alkyl halides is 3. The van der Waals surface area contributed by atoms with Crippen molar-refractivity contribution in [3.63, 3.8) is 0 Å². The van der Waals surface area contributed by atoms with E-state index in [0.29, 0.717) is 17.3 Å². The normalized spacial score (nSPS) is 13.2. The summed E-state index contributed by atoms with van der Waals surface area (Å²) in [6, 6.07) is 4.78. The van der Waals surface area contributed by atoms with Crippen LogP contribution in [0.2, 0.25) is 0 Å². The summed E-state index contributed by atoms with van der Waals surface area (Å²) in [6.07, 6.45) is -4.79. The lowest BCUT2D eigenvalue weighted by atomic mass is 10.1. The van der Waals surface area contributed by atoms with Crippen molar-refractivity contribution >= 4 is 16.8 Å². The summed E-state index contributed by atoms with van der Waals surface area (Å²) in [5, 5.41) is 12.5. The van der Waals surface area contributed by atoms with E-state index in [0.717, 1.165) is 12.1 Å². The Morgan fingerprint density at radius 1 is 1.38 bits per heavy atom. The predicted molar refractivity (Wildman–Crippen MR) is 82.8 cm³/mol. The Kier molecular flexibility index (Phi) is 5.51. The number of nitrogens with one attached hydrogen (secondary N) is 1. The molecule has 132 valence electrons. The minimum absolute atomic E-state index is 0.171. The molecule has 0 aliphatic heterocycles. The molecule has 1 aromatic heterocycles. The third-order valence-corrected chi connectivity index (χ3v) is 3.72. The third-order valence-electron chi connectivity index (χ3n) is 3.72. The Labute approximate surface area is 137 Å². The van der Waals surface area contributed by atoms with E-state index in [1.165, 1.54) is 23.8 Å². The Hall–Kier alpha value is -2.06. The van der Waals surface area contributed by atoms with E-state index >= 15 is 0 Å². The van der Waals surface area contributed by atoms with E-state index in [-0.39, 0.29) is 18.8 Å². The van der Waals surface area contributed by atoms with Crippen molar-refractivity contribution in [1.29, 1.82) is 0 Å². The Bertz CT molecular complexity index is 725. The van der Waals surface area contributed by atoms with Crippen molar-refractivity contribution in [3.05, 3.63) is 35.5 Å². The van der Waals surface area contributed by atoms with Gasteiger partial charge >= 0.3 is 6.18 Å². The molecule has 8 heteroatoms. The lowest BCUT2D eigenvalue weighted by Gasteiger charge is -2.10. The number of aryl methyl sites for hydroxylation is 1. The number of benzene rings is 1. The van der Waals surface area contributed by atoms with Gasteiger partial charge in [-0.2, -0.15) is 13.2 Å². The van der Waals surface area contributed by atoms with E-state index in [4.69, 9.17) is 4.74 Å². The average molecular weight is 344 g/mol. The van der Waals surface area contributed by atoms with Gasteiger partial charge in [0, 0.05) is 31.6 Å². The minimum atomic E-state index is -4.43. The van der Waals surface area contributed by atoms with Gasteiger partial charge in [0.1, 0.15) is 5.69 Å². The van der Waals surface area contributed by atoms with Gasteiger partial charge in [-0.3, -0.25) is 4.79 Å². The third kappa shape index (κ3) is 4.07. The first-order valence-electron chi connectivity index (χ1n) is 7.36. The predicted octanol–water partition coefficient (Wildman–Crippen LogP) is 2.32. The van der Waals surface area contributed by atoms with Crippen molar-refractivity contribution in [2.75, 3.05) is 20.3 Å². The molecule has 0 bridgehead atoms. The summed E-state index contributed by atoms with van der Waals surface area (Å²) < 4.78 is 44.6. The van der Waals surface area contributed by atoms with Crippen LogP contribution in [0.15, 0.2) is 24.3 Å². The molecule has 0 saturated heterocycles. The van der Waals surface area contributed by atoms with E-state index in [9.17, 15) is 23.1 Å². The topological polar surface area (TPSA) is 63.5 Å². The highest BCUT2D eigenvalue weighted by atomic mass is 19.4. The number of rotatable bonds is 6. The van der Waals surface area contributed by atoms with E-state index in [1.807, 2.05) is 0 Å². The summed E-state index contributed by atoms with van der Waals surface area (Å²) in [4.78, 5) is 12.2. The van der Waals surface area contributed by atoms with Crippen LogP contribution in [-0.2, 0) is 18.0 Å². The van der Waals surface area contributed by atoms with Crippen molar-refractivity contribution in [2.45, 2.75) is 18.7 Å². The molecule has 0 saturated carbocycles. The van der Waals surface area contributed by atoms with Crippen LogP contribution < -0.4 is 5.32 Å². The monoisotopic (exact) mass is 344 g/mol. The maximum Gasteiger partial charge on any atom is 0.416 e. The van der Waals surface area contributed by atoms with Crippen LogP contribution in [0.1, 0.15) is 22.5 Å². The van der Waals surface area contributed by atoms with Crippen LogP contribution in [0, 0.1) is 0 Å². The lowest BCUT2D eigenvalue weighted by molar-refractivity contribution is -0.137. The number of carbonyl (C=O) groups is 1. The van der Waals surface area contributed by atoms with Crippen molar-refractivity contribution in [2.24, 2.45) is 7.05 Å². The molecular formula is C16H19F3N2O3. The van der Waals surface area contributed by atoms with Gasteiger partial charge in [-0.25, -0.2) is 0 Å². The Balaban J connectivity index is 2.14. The fourth-order valence-electron chi connectivity index (χ4n) is 2.46. The number of hydrogen-bond acceptors (Lipinski definition) is 3. The number of halogens is 3. The number of methoxy groups -OCH3 is 1. The van der Waals surface area contributed by atoms with Gasteiger partial charge in [-0.1, -0.05) is 0 Å². The minimum Gasteiger partial charge on any atom is -0.391 e. The van der Waals surface area contributed by atoms with Gasteiger partial charge in [0.05, 0.1) is 18.3 Å². The number of aliphatic hydroxyl groups excluding tert-OH is 1. The molecule has 2 aromatic rings. The van der Waals surface area contributed by atoms with Crippen LogP contribution >= 0.6 is 0 Å². The quantitative estimate of drug-likeness (QED) is 0.845. The second-order valence-electron chi connectivity index (χ2n) is 5.51. The largest absolute Gasteiger partial charge is 0.416 e. The first-order valence-corrected chi connectivity index (χ1v) is 7.36. The number of aliphatic hydroxyl groups is 1. The molecule has 1 unspecified atom stereocenters. The molecule has 0 fully saturated rings. The summed E-state index contributed by atoms with van der Waals surface area (Å²) in [5.41, 5.74) is 0.0355. The first kappa shape index (κ1) is 18.3. The molecule has 1 aromatic carbocycles. The smallest absolute Gasteiger partial charge is 0.391 e. The zero-order valence-electron chi connectivity index (χ0n) is 13.4. The van der Waals surface area contributed by atoms with E-state index in [1.54, 1.807) is 7.05 Å². The highest BCUT2D eigenvalue weighted by Gasteiger charge is 2.30. The van der Waals surface area contributed by atoms with E-state index in [2.05, 4.69) is 5.32 Å². The molecule has 1 heterocycles. The number of nitrogens with zero attached hydrogens (tertiary/aromatic N) is 1. The molecule has 0 radical (unpaired) electrons. The standard InChI is InChI=1S/C16H19F3N2O3/c1-21-13-4-3-11(16(17,18)19)7-10(13)8-14(21)15(23)20-6-5-12(22)9-24-2/h3-4,7-8,12,22H,5-6,9H2,1-2H3,(H,20,23). The maximum atomic E-state index is 12.8. The average Bonchev–Trinajstić information content (AvgIpc) is 2.83. The van der Waals surface area contributed by atoms with Crippen molar-refractivity contribution in [3.8, 4) is 0 Å². The van der Waals surface area contributed by atoms with Gasteiger partial charge in [-0.05, 0) is 30.7 Å². The molecule has 2 rings (SSSR count). The number of fused-ring (bicyclic) bond motifs is 1. The fourth-order valence-corrected chi connectivity index (χ4v) is 2.46. The number of amides is 1. The summed E-state index contributed by atoms with van der Waals surface area (Å²) in [5.74, 6) is -0.410. The lowest BCUT2D eigenvalue weighted by Crippen LogP contribution is -2.29. The molecular weight excluding hydrogens is 325 g/mol. The molecule has 0 aliphatic rings. The second kappa shape index (κ2) is 7.23. The van der Waals surface area contributed by atoms with Crippen LogP contribution in [-0.4, -0.2) is 41.9 Å². The molecule has 0 aliphatic carbocycles. The Morgan fingerprint density at radius 2 is 2.08 bits per heavy atom. The number of ether oxygens (including phenoxy) is 1. The zero-order chi connectivity index (χ0) is 17.9. The number of carbonyl (C=O) groups excluding carboxylic acids is 1. The van der Waals surface area contributed by atoms with Crippen LogP contribution in [0.3, 0.4) is 0 Å². The fraction of sp³-hybridized carbons (Fsp3) is 0.438. The summed E-state index contributed by atoms with van der Waals surface area (Å²) in [7, 11) is 3.08. The molecule has 5 nitrogen and oxygen atoms in total. The SMILES string of the molecule is COCC(O)CCNC(=O)c1cc2cc(C(F)(F)F)ccc2n1C. The van der Waals surface area contributed by atoms with Crippen LogP contribution in [0.5, 0.6) is 0 Å². The number of aromatic nitrogens is 1. The maximum absolute atomic E-state index is 12.8. The molecule has 1 amide bonds. The summed E-state index contributed by atoms with van der Waals surface area (Å²) in [6.45, 7) is 0.406. The van der Waals surface area contributed by atoms with Gasteiger partial charge < -0.3 is 19.7 Å². The van der Waals surface area contributed by atoms with Gasteiger partial charge in [0.2, 0.25) is 0 Å². The molecule has 1 atom stereocenters. The zero-order valence-corrected chi connectivity index (χ0v) is 13.4. The highest BCUT2D eigenvalue weighted by Crippen LogP contribution is 2.32. The van der Waals surface area contributed by atoms with Crippen molar-refractivity contribution < 1.29 is 27.8 Å². The van der Waals surface area contributed by atoms with Crippen LogP contribution in [0.4, 0.5) is 13.2 Å². The first-order chi connectivity index (χ1) is 11.2.